The predicted molar refractivity (Wildman–Crippen MR) is 83.0 cm³/mol. The van der Waals surface area contributed by atoms with Gasteiger partial charge in [-0.2, -0.15) is 11.8 Å². The van der Waals surface area contributed by atoms with E-state index in [0.29, 0.717) is 0 Å². The minimum atomic E-state index is -0.245. The summed E-state index contributed by atoms with van der Waals surface area (Å²) in [5, 5.41) is 3.48. The number of aromatic nitrogens is 2. The maximum atomic E-state index is 5.84. The van der Waals surface area contributed by atoms with Gasteiger partial charge in [-0.15, -0.1) is 0 Å². The fourth-order valence-electron chi connectivity index (χ4n) is 3.11. The fourth-order valence-corrected chi connectivity index (χ4v) is 4.15. The molecule has 1 saturated carbocycles. The van der Waals surface area contributed by atoms with Gasteiger partial charge >= 0.3 is 0 Å². The molecule has 0 atom stereocenters. The number of nitrogens with zero attached hydrogens (tertiary/aromatic N) is 2. The molecule has 0 spiro atoms. The molecule has 0 unspecified atom stereocenters. The number of hydrogen-bond donors (Lipinski definition) is 1. The zero-order valence-corrected chi connectivity index (χ0v) is 13.2. The van der Waals surface area contributed by atoms with Crippen molar-refractivity contribution in [3.63, 3.8) is 0 Å². The summed E-state index contributed by atoms with van der Waals surface area (Å²) in [6, 6.07) is 0. The lowest BCUT2D eigenvalue weighted by atomic mass is 10.0. The summed E-state index contributed by atoms with van der Waals surface area (Å²) < 4.78 is 5.84. The molecule has 1 N–H and O–H groups in total. The van der Waals surface area contributed by atoms with Gasteiger partial charge in [0, 0.05) is 30.7 Å². The van der Waals surface area contributed by atoms with E-state index in [1.165, 1.54) is 24.1 Å². The Kier molecular flexibility index (Phi) is 4.17. The van der Waals surface area contributed by atoms with Crippen LogP contribution in [0.2, 0.25) is 0 Å². The van der Waals surface area contributed by atoms with E-state index in [2.05, 4.69) is 12.2 Å². The van der Waals surface area contributed by atoms with Gasteiger partial charge in [-0.3, -0.25) is 0 Å². The van der Waals surface area contributed by atoms with Crippen LogP contribution in [0.5, 0.6) is 0 Å². The van der Waals surface area contributed by atoms with Crippen LogP contribution in [0, 0.1) is 0 Å². The van der Waals surface area contributed by atoms with Crippen LogP contribution in [0.3, 0.4) is 0 Å². The van der Waals surface area contributed by atoms with Crippen LogP contribution in [0.25, 0.3) is 0 Å². The van der Waals surface area contributed by atoms with E-state index in [-0.39, 0.29) is 5.60 Å². The molecule has 20 heavy (non-hydrogen) atoms. The summed E-state index contributed by atoms with van der Waals surface area (Å²) in [7, 11) is 1.80. The first kappa shape index (κ1) is 14.1. The van der Waals surface area contributed by atoms with Crippen LogP contribution < -0.4 is 5.32 Å². The Labute approximate surface area is 125 Å². The van der Waals surface area contributed by atoms with Crippen molar-refractivity contribution in [3.05, 3.63) is 17.1 Å². The summed E-state index contributed by atoms with van der Waals surface area (Å²) in [5.41, 5.74) is 2.27. The van der Waals surface area contributed by atoms with Crippen molar-refractivity contribution in [3.8, 4) is 0 Å². The fraction of sp³-hybridized carbons (Fsp3) is 0.733. The lowest BCUT2D eigenvalue weighted by Gasteiger charge is -2.26. The van der Waals surface area contributed by atoms with Crippen LogP contribution in [0.1, 0.15) is 56.1 Å². The van der Waals surface area contributed by atoms with Gasteiger partial charge in [0.2, 0.25) is 0 Å². The van der Waals surface area contributed by atoms with Crippen LogP contribution >= 0.6 is 11.8 Å². The third-order valence-electron chi connectivity index (χ3n) is 4.33. The summed E-state index contributed by atoms with van der Waals surface area (Å²) in [5.74, 6) is 3.98. The van der Waals surface area contributed by atoms with Crippen LogP contribution in [-0.2, 0) is 21.8 Å². The number of rotatable bonds is 5. The molecular weight excluding hydrogens is 270 g/mol. The minimum absolute atomic E-state index is 0.245. The number of ether oxygens (including phenoxy) is 1. The molecule has 4 nitrogen and oxygen atoms in total. The highest BCUT2D eigenvalue weighted by Gasteiger charge is 2.39. The van der Waals surface area contributed by atoms with Crippen molar-refractivity contribution in [2.24, 2.45) is 0 Å². The van der Waals surface area contributed by atoms with Crippen molar-refractivity contribution < 1.29 is 4.74 Å². The average molecular weight is 293 g/mol. The first-order valence-electron chi connectivity index (χ1n) is 7.56. The van der Waals surface area contributed by atoms with E-state index in [1.54, 1.807) is 7.11 Å². The standard InChI is InChI=1S/C15H23N3OS/c1-3-8-16-13-11-9-20-10-12(11)17-14(18-13)15(19-2)6-4-5-7-15/h3-10H2,1-2H3,(H,16,17,18). The molecular formula is C15H23N3OS. The third kappa shape index (κ3) is 2.42. The molecule has 0 saturated heterocycles. The van der Waals surface area contributed by atoms with Gasteiger partial charge in [0.25, 0.3) is 0 Å². The second kappa shape index (κ2) is 5.90. The summed E-state index contributed by atoms with van der Waals surface area (Å²) >= 11 is 1.92. The van der Waals surface area contributed by atoms with Crippen molar-refractivity contribution in [2.45, 2.75) is 56.1 Å². The molecule has 1 aromatic heterocycles. The molecule has 110 valence electrons. The predicted octanol–water partition coefficient (Wildman–Crippen LogP) is 3.46. The highest BCUT2D eigenvalue weighted by Crippen LogP contribution is 2.42. The maximum Gasteiger partial charge on any atom is 0.162 e. The Hall–Kier alpha value is -0.810. The minimum Gasteiger partial charge on any atom is -0.370 e. The van der Waals surface area contributed by atoms with E-state index in [1.807, 2.05) is 11.8 Å². The molecule has 1 aliphatic carbocycles. The highest BCUT2D eigenvalue weighted by molar-refractivity contribution is 7.98. The topological polar surface area (TPSA) is 47.0 Å². The van der Waals surface area contributed by atoms with E-state index < -0.39 is 0 Å². The molecule has 0 radical (unpaired) electrons. The molecule has 2 aliphatic rings. The Balaban J connectivity index is 1.99. The van der Waals surface area contributed by atoms with Crippen molar-refractivity contribution in [1.29, 1.82) is 0 Å². The Morgan fingerprint density at radius 3 is 2.75 bits per heavy atom. The normalized spacial score (nSPS) is 20.1. The number of thioether (sulfide) groups is 1. The molecule has 5 heteroatoms. The maximum absolute atomic E-state index is 5.84. The third-order valence-corrected chi connectivity index (χ3v) is 5.30. The van der Waals surface area contributed by atoms with E-state index >= 15 is 0 Å². The number of methoxy groups -OCH3 is 1. The number of anilines is 1. The number of fused-ring (bicyclic) bond motifs is 1. The summed E-state index contributed by atoms with van der Waals surface area (Å²) in [6.45, 7) is 3.14. The number of hydrogen-bond acceptors (Lipinski definition) is 5. The van der Waals surface area contributed by atoms with Crippen molar-refractivity contribution in [2.75, 3.05) is 19.0 Å². The first-order chi connectivity index (χ1) is 9.79. The zero-order chi connectivity index (χ0) is 14.0. The van der Waals surface area contributed by atoms with Gasteiger partial charge < -0.3 is 10.1 Å². The molecule has 0 amide bonds. The average Bonchev–Trinajstić information content (AvgIpc) is 3.13. The molecule has 1 aromatic rings. The van der Waals surface area contributed by atoms with Gasteiger partial charge in [0.05, 0.1) is 5.69 Å². The van der Waals surface area contributed by atoms with Crippen molar-refractivity contribution in [1.82, 2.24) is 9.97 Å². The Morgan fingerprint density at radius 1 is 1.25 bits per heavy atom. The Bertz CT molecular complexity index is 486. The van der Waals surface area contributed by atoms with Gasteiger partial charge in [-0.05, 0) is 32.1 Å². The van der Waals surface area contributed by atoms with Crippen LogP contribution in [0.4, 0.5) is 5.82 Å². The summed E-state index contributed by atoms with van der Waals surface area (Å²) in [6.07, 6.45) is 5.61. The second-order valence-corrected chi connectivity index (χ2v) is 6.63. The van der Waals surface area contributed by atoms with Crippen LogP contribution in [-0.4, -0.2) is 23.6 Å². The summed E-state index contributed by atoms with van der Waals surface area (Å²) in [4.78, 5) is 9.70. The van der Waals surface area contributed by atoms with E-state index in [0.717, 1.165) is 49.0 Å². The number of nitrogens with one attached hydrogen (secondary N) is 1. The van der Waals surface area contributed by atoms with Crippen LogP contribution in [0.15, 0.2) is 0 Å². The van der Waals surface area contributed by atoms with E-state index in [4.69, 9.17) is 14.7 Å². The molecule has 1 aliphatic heterocycles. The van der Waals surface area contributed by atoms with Gasteiger partial charge in [0.15, 0.2) is 5.82 Å². The zero-order valence-electron chi connectivity index (χ0n) is 12.4. The molecule has 2 heterocycles. The molecule has 0 aromatic carbocycles. The monoisotopic (exact) mass is 293 g/mol. The van der Waals surface area contributed by atoms with E-state index in [9.17, 15) is 0 Å². The second-order valence-electron chi connectivity index (χ2n) is 5.65. The highest BCUT2D eigenvalue weighted by atomic mass is 32.2. The SMILES string of the molecule is CCCNc1nc(C2(OC)CCCC2)nc2c1CSC2. The smallest absolute Gasteiger partial charge is 0.162 e. The Morgan fingerprint density at radius 2 is 2.05 bits per heavy atom. The lowest BCUT2D eigenvalue weighted by Crippen LogP contribution is -2.28. The molecule has 0 bridgehead atoms. The lowest BCUT2D eigenvalue weighted by molar-refractivity contribution is -0.0163. The molecule has 1 fully saturated rings. The quantitative estimate of drug-likeness (QED) is 0.901. The van der Waals surface area contributed by atoms with Crippen molar-refractivity contribution >= 4 is 17.6 Å². The molecule has 3 rings (SSSR count). The van der Waals surface area contributed by atoms with Gasteiger partial charge in [-0.25, -0.2) is 9.97 Å². The first-order valence-corrected chi connectivity index (χ1v) is 8.71. The van der Waals surface area contributed by atoms with Gasteiger partial charge in [-0.1, -0.05) is 6.92 Å². The van der Waals surface area contributed by atoms with Gasteiger partial charge in [0.1, 0.15) is 11.4 Å². The largest absolute Gasteiger partial charge is 0.370 e.